The zero-order valence-corrected chi connectivity index (χ0v) is 14.0. The molecule has 0 N–H and O–H groups in total. The maximum absolute atomic E-state index is 12.6. The molecule has 1 aliphatic rings. The molecule has 1 saturated heterocycles. The molecule has 0 spiro atoms. The van der Waals surface area contributed by atoms with Crippen LogP contribution in [0, 0.1) is 5.92 Å². The van der Waals surface area contributed by atoms with Gasteiger partial charge in [0.2, 0.25) is 0 Å². The highest BCUT2D eigenvalue weighted by atomic mass is 79.9. The predicted molar refractivity (Wildman–Crippen MR) is 83.1 cm³/mol. The van der Waals surface area contributed by atoms with Crippen LogP contribution in [0.25, 0.3) is 0 Å². The largest absolute Gasteiger partial charge is 0.497 e. The molecule has 104 valence electrons. The molecule has 1 aromatic carbocycles. The summed E-state index contributed by atoms with van der Waals surface area (Å²) >= 11 is 6.96. The highest BCUT2D eigenvalue weighted by molar-refractivity contribution is 9.10. The summed E-state index contributed by atoms with van der Waals surface area (Å²) in [7, 11) is 1.61. The number of methoxy groups -OCH3 is 1. The lowest BCUT2D eigenvalue weighted by Crippen LogP contribution is -2.40. The number of hydrogen-bond donors (Lipinski definition) is 0. The summed E-state index contributed by atoms with van der Waals surface area (Å²) in [6.07, 6.45) is 2.26. The third kappa shape index (κ3) is 3.51. The fourth-order valence-electron chi connectivity index (χ4n) is 2.34. The number of ether oxygens (including phenoxy) is 1. The van der Waals surface area contributed by atoms with Gasteiger partial charge in [-0.1, -0.05) is 15.9 Å². The molecule has 1 amide bonds. The zero-order chi connectivity index (χ0) is 13.8. The minimum atomic E-state index is 0.0800. The molecular weight excluding hydrogens is 374 g/mol. The fraction of sp³-hybridized carbons (Fsp3) is 0.500. The van der Waals surface area contributed by atoms with Gasteiger partial charge in [-0.3, -0.25) is 4.79 Å². The summed E-state index contributed by atoms with van der Waals surface area (Å²) in [5.41, 5.74) is 0.676. The Kier molecular flexibility index (Phi) is 5.28. The van der Waals surface area contributed by atoms with E-state index >= 15 is 0 Å². The molecule has 1 aliphatic heterocycles. The van der Waals surface area contributed by atoms with E-state index in [-0.39, 0.29) is 5.91 Å². The van der Waals surface area contributed by atoms with Crippen molar-refractivity contribution in [2.75, 3.05) is 25.5 Å². The smallest absolute Gasteiger partial charge is 0.255 e. The Labute approximate surface area is 130 Å². The van der Waals surface area contributed by atoms with E-state index in [0.29, 0.717) is 17.2 Å². The van der Waals surface area contributed by atoms with Crippen molar-refractivity contribution in [2.24, 2.45) is 5.92 Å². The maximum Gasteiger partial charge on any atom is 0.255 e. The number of rotatable bonds is 3. The third-order valence-corrected chi connectivity index (χ3v) is 5.04. The average Bonchev–Trinajstić information content (AvgIpc) is 2.47. The number of halogens is 2. The Morgan fingerprint density at radius 3 is 3.00 bits per heavy atom. The molecule has 1 aromatic rings. The molecule has 1 fully saturated rings. The lowest BCUT2D eigenvalue weighted by Gasteiger charge is -2.32. The van der Waals surface area contributed by atoms with Crippen LogP contribution in [-0.4, -0.2) is 36.3 Å². The van der Waals surface area contributed by atoms with Crippen LogP contribution < -0.4 is 4.74 Å². The summed E-state index contributed by atoms with van der Waals surface area (Å²) in [6, 6.07) is 5.50. The first kappa shape index (κ1) is 14.9. The lowest BCUT2D eigenvalue weighted by molar-refractivity contribution is 0.0684. The van der Waals surface area contributed by atoms with E-state index in [0.717, 1.165) is 29.3 Å². The van der Waals surface area contributed by atoms with Crippen molar-refractivity contribution in [3.05, 3.63) is 28.2 Å². The average molecular weight is 391 g/mol. The van der Waals surface area contributed by atoms with Gasteiger partial charge in [-0.2, -0.15) is 0 Å². The summed E-state index contributed by atoms with van der Waals surface area (Å²) in [4.78, 5) is 14.5. The van der Waals surface area contributed by atoms with E-state index in [1.165, 1.54) is 6.42 Å². The molecule has 3 nitrogen and oxygen atoms in total. The summed E-state index contributed by atoms with van der Waals surface area (Å²) in [5, 5.41) is 0.954. The van der Waals surface area contributed by atoms with Crippen LogP contribution in [-0.2, 0) is 0 Å². The topological polar surface area (TPSA) is 29.5 Å². The van der Waals surface area contributed by atoms with E-state index in [9.17, 15) is 4.79 Å². The molecule has 0 bridgehead atoms. The van der Waals surface area contributed by atoms with Crippen LogP contribution in [0.2, 0.25) is 0 Å². The molecule has 1 unspecified atom stereocenters. The molecule has 0 saturated carbocycles. The number of carbonyl (C=O) groups excluding carboxylic acids is 1. The highest BCUT2D eigenvalue weighted by Gasteiger charge is 2.25. The summed E-state index contributed by atoms with van der Waals surface area (Å²) in [6.45, 7) is 1.67. The standard InChI is InChI=1S/C14H17Br2NO2/c1-19-11-4-5-13(16)12(7-11)14(18)17-6-2-3-10(8-15)9-17/h4-5,7,10H,2-3,6,8-9H2,1H3. The zero-order valence-electron chi connectivity index (χ0n) is 10.9. The Morgan fingerprint density at radius 2 is 2.32 bits per heavy atom. The maximum atomic E-state index is 12.6. The molecular formula is C14H17Br2NO2. The number of alkyl halides is 1. The van der Waals surface area contributed by atoms with Gasteiger partial charge < -0.3 is 9.64 Å². The number of likely N-dealkylation sites (tertiary alicyclic amines) is 1. The molecule has 0 aromatic heterocycles. The fourth-order valence-corrected chi connectivity index (χ4v) is 3.29. The van der Waals surface area contributed by atoms with Crippen LogP contribution in [0.3, 0.4) is 0 Å². The first-order valence-corrected chi connectivity index (χ1v) is 8.26. The third-order valence-electron chi connectivity index (χ3n) is 3.43. The number of benzene rings is 1. The van der Waals surface area contributed by atoms with Crippen LogP contribution in [0.5, 0.6) is 5.75 Å². The summed E-state index contributed by atoms with van der Waals surface area (Å²) in [5.74, 6) is 1.35. The first-order chi connectivity index (χ1) is 9.15. The van der Waals surface area contributed by atoms with Crippen molar-refractivity contribution >= 4 is 37.8 Å². The number of amides is 1. The van der Waals surface area contributed by atoms with E-state index in [2.05, 4.69) is 31.9 Å². The second-order valence-electron chi connectivity index (χ2n) is 4.76. The van der Waals surface area contributed by atoms with Gasteiger partial charge in [0.15, 0.2) is 0 Å². The minimum Gasteiger partial charge on any atom is -0.497 e. The van der Waals surface area contributed by atoms with Gasteiger partial charge in [0.25, 0.3) is 5.91 Å². The second-order valence-corrected chi connectivity index (χ2v) is 6.26. The van der Waals surface area contributed by atoms with Gasteiger partial charge in [0, 0.05) is 22.9 Å². The van der Waals surface area contributed by atoms with Gasteiger partial charge in [-0.05, 0) is 52.9 Å². The Morgan fingerprint density at radius 1 is 1.53 bits per heavy atom. The number of carbonyl (C=O) groups is 1. The van der Waals surface area contributed by atoms with Gasteiger partial charge in [-0.25, -0.2) is 0 Å². The second kappa shape index (κ2) is 6.75. The van der Waals surface area contributed by atoms with Gasteiger partial charge in [0.05, 0.1) is 12.7 Å². The van der Waals surface area contributed by atoms with Crippen molar-refractivity contribution in [3.63, 3.8) is 0 Å². The van der Waals surface area contributed by atoms with Crippen molar-refractivity contribution in [1.29, 1.82) is 0 Å². The molecule has 2 rings (SSSR count). The van der Waals surface area contributed by atoms with Gasteiger partial charge in [0.1, 0.15) is 5.75 Å². The van der Waals surface area contributed by atoms with Crippen LogP contribution >= 0.6 is 31.9 Å². The summed E-state index contributed by atoms with van der Waals surface area (Å²) < 4.78 is 6.01. The SMILES string of the molecule is COc1ccc(Br)c(C(=O)N2CCCC(CBr)C2)c1. The molecule has 0 radical (unpaired) electrons. The number of nitrogens with zero attached hydrogens (tertiary/aromatic N) is 1. The van der Waals surface area contributed by atoms with E-state index in [1.807, 2.05) is 17.0 Å². The molecule has 19 heavy (non-hydrogen) atoms. The van der Waals surface area contributed by atoms with Crippen molar-refractivity contribution < 1.29 is 9.53 Å². The van der Waals surface area contributed by atoms with E-state index < -0.39 is 0 Å². The van der Waals surface area contributed by atoms with Crippen LogP contribution in [0.1, 0.15) is 23.2 Å². The quantitative estimate of drug-likeness (QED) is 0.736. The van der Waals surface area contributed by atoms with Crippen LogP contribution in [0.4, 0.5) is 0 Å². The van der Waals surface area contributed by atoms with Crippen LogP contribution in [0.15, 0.2) is 22.7 Å². The minimum absolute atomic E-state index is 0.0800. The van der Waals surface area contributed by atoms with E-state index in [1.54, 1.807) is 13.2 Å². The molecule has 1 heterocycles. The lowest BCUT2D eigenvalue weighted by atomic mass is 9.99. The Hall–Kier alpha value is -0.550. The Balaban J connectivity index is 2.18. The molecule has 5 heteroatoms. The monoisotopic (exact) mass is 389 g/mol. The van der Waals surface area contributed by atoms with Gasteiger partial charge in [-0.15, -0.1) is 0 Å². The normalized spacial score (nSPS) is 19.3. The highest BCUT2D eigenvalue weighted by Crippen LogP contribution is 2.26. The predicted octanol–water partition coefficient (Wildman–Crippen LogP) is 3.70. The number of piperidine rings is 1. The van der Waals surface area contributed by atoms with Gasteiger partial charge >= 0.3 is 0 Å². The molecule has 1 atom stereocenters. The number of hydrogen-bond acceptors (Lipinski definition) is 2. The van der Waals surface area contributed by atoms with Crippen molar-refractivity contribution in [3.8, 4) is 5.75 Å². The molecule has 0 aliphatic carbocycles. The van der Waals surface area contributed by atoms with Crippen molar-refractivity contribution in [2.45, 2.75) is 12.8 Å². The first-order valence-electron chi connectivity index (χ1n) is 6.34. The Bertz CT molecular complexity index is 465. The van der Waals surface area contributed by atoms with Crippen molar-refractivity contribution in [1.82, 2.24) is 4.90 Å². The van der Waals surface area contributed by atoms with E-state index in [4.69, 9.17) is 4.74 Å².